The highest BCUT2D eigenvalue weighted by molar-refractivity contribution is 5.74. The van der Waals surface area contributed by atoms with Crippen molar-refractivity contribution in [2.45, 2.75) is 70.9 Å². The number of hydrogen-bond acceptors (Lipinski definition) is 3. The Labute approximate surface area is 124 Å². The number of carbonyl (C=O) groups excluding carboxylic acids is 1. The predicted octanol–water partition coefficient (Wildman–Crippen LogP) is 3.47. The third-order valence-corrected chi connectivity index (χ3v) is 5.78. The molecule has 2 bridgehead atoms. The van der Waals surface area contributed by atoms with Gasteiger partial charge in [-0.1, -0.05) is 39.5 Å². The first-order valence-electron chi connectivity index (χ1n) is 8.39. The molecule has 2 saturated heterocycles. The Morgan fingerprint density at radius 2 is 2.10 bits per heavy atom. The van der Waals surface area contributed by atoms with Crippen LogP contribution in [0.5, 0.6) is 0 Å². The van der Waals surface area contributed by atoms with Gasteiger partial charge >= 0.3 is 5.97 Å². The van der Waals surface area contributed by atoms with E-state index in [-0.39, 0.29) is 11.9 Å². The minimum absolute atomic E-state index is 0.0227. The molecular formula is C17H31NO2. The van der Waals surface area contributed by atoms with E-state index in [4.69, 9.17) is 4.74 Å². The number of piperidine rings is 1. The predicted molar refractivity (Wildman–Crippen MR) is 81.5 cm³/mol. The van der Waals surface area contributed by atoms with Crippen LogP contribution in [0.25, 0.3) is 0 Å². The minimum atomic E-state index is 0.0227. The Balaban J connectivity index is 2.07. The number of esters is 1. The highest BCUT2D eigenvalue weighted by Gasteiger charge is 2.50. The average molecular weight is 281 g/mol. The number of carbonyl (C=O) groups is 1. The van der Waals surface area contributed by atoms with Crippen LogP contribution in [-0.2, 0) is 9.53 Å². The molecule has 2 fully saturated rings. The zero-order valence-electron chi connectivity index (χ0n) is 13.6. The van der Waals surface area contributed by atoms with E-state index < -0.39 is 0 Å². The molecule has 2 rings (SSSR count). The summed E-state index contributed by atoms with van der Waals surface area (Å²) in [6.45, 7) is 4.60. The molecule has 0 radical (unpaired) electrons. The zero-order chi connectivity index (χ0) is 14.7. The first-order valence-corrected chi connectivity index (χ1v) is 8.39. The van der Waals surface area contributed by atoms with Crippen LogP contribution in [0, 0.1) is 17.8 Å². The molecule has 0 aromatic heterocycles. The standard InChI is InChI=1S/C17H31NO2/c1-5-6-7-8-12(2)14-11-13-9-10-15(18(13)3)16(14)17(19)20-4/h12-16H,5-11H2,1-4H3/t12?,13-,14+,15+,16-/m0/s1. The Hall–Kier alpha value is -0.570. The van der Waals surface area contributed by atoms with Crippen molar-refractivity contribution in [2.24, 2.45) is 17.8 Å². The van der Waals surface area contributed by atoms with E-state index in [1.54, 1.807) is 7.11 Å². The Morgan fingerprint density at radius 3 is 2.75 bits per heavy atom. The Bertz CT molecular complexity index is 331. The third kappa shape index (κ3) is 3.03. The summed E-state index contributed by atoms with van der Waals surface area (Å²) in [5.41, 5.74) is 0. The molecule has 0 N–H and O–H groups in total. The number of hydrogen-bond donors (Lipinski definition) is 0. The molecule has 3 nitrogen and oxygen atoms in total. The van der Waals surface area contributed by atoms with Crippen molar-refractivity contribution >= 4 is 5.97 Å². The van der Waals surface area contributed by atoms with E-state index in [0.717, 1.165) is 0 Å². The molecule has 116 valence electrons. The maximum atomic E-state index is 12.3. The lowest BCUT2D eigenvalue weighted by Gasteiger charge is -2.44. The van der Waals surface area contributed by atoms with E-state index in [9.17, 15) is 4.79 Å². The van der Waals surface area contributed by atoms with Crippen molar-refractivity contribution in [1.29, 1.82) is 0 Å². The fourth-order valence-electron chi connectivity index (χ4n) is 4.49. The van der Waals surface area contributed by atoms with E-state index in [1.165, 1.54) is 44.9 Å². The summed E-state index contributed by atoms with van der Waals surface area (Å²) in [5.74, 6) is 1.28. The van der Waals surface area contributed by atoms with Gasteiger partial charge in [0.15, 0.2) is 0 Å². The maximum Gasteiger partial charge on any atom is 0.310 e. The SMILES string of the molecule is CCCCCC(C)[C@H]1C[C@@H]2CC[C@H]([C@H]1C(=O)OC)N2C. The van der Waals surface area contributed by atoms with Gasteiger partial charge in [-0.3, -0.25) is 9.69 Å². The molecule has 0 aromatic rings. The van der Waals surface area contributed by atoms with Crippen molar-refractivity contribution in [1.82, 2.24) is 4.90 Å². The Kier molecular flexibility index (Phi) is 5.48. The number of ether oxygens (including phenoxy) is 1. The summed E-state index contributed by atoms with van der Waals surface area (Å²) in [5, 5.41) is 0. The summed E-state index contributed by atoms with van der Waals surface area (Å²) in [6.07, 6.45) is 8.74. The normalized spacial score (nSPS) is 35.0. The number of nitrogens with zero attached hydrogens (tertiary/aromatic N) is 1. The van der Waals surface area contributed by atoms with Gasteiger partial charge in [0.05, 0.1) is 13.0 Å². The van der Waals surface area contributed by atoms with Gasteiger partial charge in [0.1, 0.15) is 0 Å². The molecular weight excluding hydrogens is 250 g/mol. The molecule has 3 heteroatoms. The van der Waals surface area contributed by atoms with Gasteiger partial charge < -0.3 is 4.74 Å². The second-order valence-electron chi connectivity index (χ2n) is 6.89. The fourth-order valence-corrected chi connectivity index (χ4v) is 4.49. The number of methoxy groups -OCH3 is 1. The van der Waals surface area contributed by atoms with Crippen LogP contribution in [-0.4, -0.2) is 37.1 Å². The first-order chi connectivity index (χ1) is 9.60. The molecule has 5 atom stereocenters. The van der Waals surface area contributed by atoms with Crippen molar-refractivity contribution in [3.63, 3.8) is 0 Å². The molecule has 0 spiro atoms. The number of fused-ring (bicyclic) bond motifs is 2. The lowest BCUT2D eigenvalue weighted by molar-refractivity contribution is -0.153. The lowest BCUT2D eigenvalue weighted by Crippen LogP contribution is -2.51. The summed E-state index contributed by atoms with van der Waals surface area (Å²) >= 11 is 0. The highest BCUT2D eigenvalue weighted by Crippen LogP contribution is 2.45. The largest absolute Gasteiger partial charge is 0.469 e. The molecule has 2 heterocycles. The summed E-state index contributed by atoms with van der Waals surface area (Å²) in [7, 11) is 3.73. The molecule has 1 unspecified atom stereocenters. The minimum Gasteiger partial charge on any atom is -0.469 e. The van der Waals surface area contributed by atoms with Gasteiger partial charge in [0, 0.05) is 12.1 Å². The second-order valence-corrected chi connectivity index (χ2v) is 6.89. The van der Waals surface area contributed by atoms with Crippen LogP contribution in [0.3, 0.4) is 0 Å². The van der Waals surface area contributed by atoms with Gasteiger partial charge in [0.2, 0.25) is 0 Å². The molecule has 20 heavy (non-hydrogen) atoms. The molecule has 0 amide bonds. The van der Waals surface area contributed by atoms with E-state index >= 15 is 0 Å². The van der Waals surface area contributed by atoms with Crippen LogP contribution < -0.4 is 0 Å². The topological polar surface area (TPSA) is 29.5 Å². The van der Waals surface area contributed by atoms with Crippen LogP contribution in [0.15, 0.2) is 0 Å². The monoisotopic (exact) mass is 281 g/mol. The van der Waals surface area contributed by atoms with Crippen molar-refractivity contribution in [3.05, 3.63) is 0 Å². The van der Waals surface area contributed by atoms with E-state index in [0.29, 0.717) is 23.9 Å². The Morgan fingerprint density at radius 1 is 1.35 bits per heavy atom. The fraction of sp³-hybridized carbons (Fsp3) is 0.941. The van der Waals surface area contributed by atoms with Crippen LogP contribution >= 0.6 is 0 Å². The van der Waals surface area contributed by atoms with Crippen molar-refractivity contribution in [3.8, 4) is 0 Å². The molecule has 0 saturated carbocycles. The summed E-state index contributed by atoms with van der Waals surface area (Å²) in [4.78, 5) is 14.7. The maximum absolute atomic E-state index is 12.3. The average Bonchev–Trinajstić information content (AvgIpc) is 2.69. The molecule has 2 aliphatic heterocycles. The smallest absolute Gasteiger partial charge is 0.310 e. The van der Waals surface area contributed by atoms with Crippen LogP contribution in [0.1, 0.15) is 58.8 Å². The van der Waals surface area contributed by atoms with Gasteiger partial charge in [-0.25, -0.2) is 0 Å². The zero-order valence-corrected chi connectivity index (χ0v) is 13.6. The van der Waals surface area contributed by atoms with Crippen LogP contribution in [0.2, 0.25) is 0 Å². The van der Waals surface area contributed by atoms with Gasteiger partial charge in [0.25, 0.3) is 0 Å². The second kappa shape index (κ2) is 6.93. The van der Waals surface area contributed by atoms with Gasteiger partial charge in [-0.2, -0.15) is 0 Å². The van der Waals surface area contributed by atoms with Crippen LogP contribution in [0.4, 0.5) is 0 Å². The third-order valence-electron chi connectivity index (χ3n) is 5.78. The molecule has 2 aliphatic rings. The lowest BCUT2D eigenvalue weighted by atomic mass is 9.72. The summed E-state index contributed by atoms with van der Waals surface area (Å²) < 4.78 is 5.13. The van der Waals surface area contributed by atoms with Crippen molar-refractivity contribution in [2.75, 3.05) is 14.2 Å². The number of unbranched alkanes of at least 4 members (excludes halogenated alkanes) is 2. The quantitative estimate of drug-likeness (QED) is 0.551. The molecule has 0 aromatic carbocycles. The number of rotatable bonds is 6. The van der Waals surface area contributed by atoms with Gasteiger partial charge in [-0.15, -0.1) is 0 Å². The van der Waals surface area contributed by atoms with Crippen molar-refractivity contribution < 1.29 is 9.53 Å². The van der Waals surface area contributed by atoms with Gasteiger partial charge in [-0.05, 0) is 38.1 Å². The highest BCUT2D eigenvalue weighted by atomic mass is 16.5. The van der Waals surface area contributed by atoms with E-state index in [1.807, 2.05) is 0 Å². The molecule has 0 aliphatic carbocycles. The first kappa shape index (κ1) is 15.8. The summed E-state index contributed by atoms with van der Waals surface area (Å²) in [6, 6.07) is 1.11. The van der Waals surface area contributed by atoms with E-state index in [2.05, 4.69) is 25.8 Å².